The minimum Gasteiger partial charge on any atom is -0.461 e. The van der Waals surface area contributed by atoms with Gasteiger partial charge in [-0.1, -0.05) is 97.3 Å². The van der Waals surface area contributed by atoms with Crippen LogP contribution in [0.5, 0.6) is 11.5 Å². The summed E-state index contributed by atoms with van der Waals surface area (Å²) < 4.78 is 21.1. The molecule has 5 rings (SSSR count). The molecule has 0 unspecified atom stereocenters. The number of benzene rings is 3. The van der Waals surface area contributed by atoms with Crippen LogP contribution in [0.4, 0.5) is 9.59 Å². The summed E-state index contributed by atoms with van der Waals surface area (Å²) in [6.07, 6.45) is 0.234. The number of carbonyl (C=O) groups is 6. The first-order valence-corrected chi connectivity index (χ1v) is 17.3. The van der Waals surface area contributed by atoms with E-state index in [4.69, 9.17) is 18.9 Å². The lowest BCUT2D eigenvalue weighted by atomic mass is 10.2. The summed E-state index contributed by atoms with van der Waals surface area (Å²) in [6, 6.07) is 21.3. The molecule has 0 atom stereocenters. The van der Waals surface area contributed by atoms with Crippen molar-refractivity contribution in [1.29, 1.82) is 0 Å². The third-order valence-corrected chi connectivity index (χ3v) is 9.77. The summed E-state index contributed by atoms with van der Waals surface area (Å²) in [4.78, 5) is 76.8. The first-order chi connectivity index (χ1) is 25.2. The Balaban J connectivity index is 1.42. The van der Waals surface area contributed by atoms with Crippen molar-refractivity contribution in [2.24, 2.45) is 0 Å². The van der Waals surface area contributed by atoms with Gasteiger partial charge >= 0.3 is 24.1 Å². The highest BCUT2D eigenvalue weighted by atomic mass is 32.2. The molecular formula is C36H32N4O10S2. The zero-order valence-corrected chi connectivity index (χ0v) is 29.2. The molecule has 16 heteroatoms. The Bertz CT molecular complexity index is 1790. The highest BCUT2D eigenvalue weighted by Gasteiger charge is 2.45. The smallest absolute Gasteiger partial charge is 0.412 e. The average Bonchev–Trinajstić information content (AvgIpc) is 3.69. The van der Waals surface area contributed by atoms with Crippen LogP contribution in [0.3, 0.4) is 0 Å². The molecule has 0 aromatic heterocycles. The first-order valence-electron chi connectivity index (χ1n) is 15.7. The van der Waals surface area contributed by atoms with Gasteiger partial charge in [-0.25, -0.2) is 29.2 Å². The molecule has 0 radical (unpaired) electrons. The number of rotatable bonds is 14. The van der Waals surface area contributed by atoms with Crippen LogP contribution in [0.2, 0.25) is 0 Å². The van der Waals surface area contributed by atoms with Gasteiger partial charge in [0.15, 0.2) is 0 Å². The van der Waals surface area contributed by atoms with Crippen LogP contribution in [-0.2, 0) is 41.7 Å². The summed E-state index contributed by atoms with van der Waals surface area (Å²) in [5.74, 6) is -2.27. The third-order valence-electron chi connectivity index (χ3n) is 7.14. The molecule has 2 N–H and O–H groups in total. The Morgan fingerprint density at radius 2 is 1.04 bits per heavy atom. The zero-order chi connectivity index (χ0) is 37.0. The molecular weight excluding hydrogens is 713 g/mol. The van der Waals surface area contributed by atoms with Gasteiger partial charge in [0.25, 0.3) is 11.8 Å². The summed E-state index contributed by atoms with van der Waals surface area (Å²) >= 11 is 2.03. The second-order valence-electron chi connectivity index (χ2n) is 10.7. The van der Waals surface area contributed by atoms with Gasteiger partial charge in [0.05, 0.1) is 40.2 Å². The normalized spacial score (nSPS) is 13.3. The quantitative estimate of drug-likeness (QED) is 0.101. The molecule has 1 fully saturated rings. The van der Waals surface area contributed by atoms with Gasteiger partial charge in [-0.3, -0.25) is 9.59 Å². The number of hydrogen-bond donors (Lipinski definition) is 2. The highest BCUT2D eigenvalue weighted by molar-refractivity contribution is 8.25. The topological polar surface area (TPSA) is 170 Å². The average molecular weight is 745 g/mol. The van der Waals surface area contributed by atoms with Gasteiger partial charge in [0.1, 0.15) is 30.3 Å². The van der Waals surface area contributed by atoms with E-state index in [1.165, 1.54) is 22.2 Å². The number of amides is 4. The maximum absolute atomic E-state index is 14.1. The van der Waals surface area contributed by atoms with Crippen molar-refractivity contribution in [3.63, 3.8) is 0 Å². The largest absolute Gasteiger partial charge is 0.461 e. The minimum atomic E-state index is -0.875. The van der Waals surface area contributed by atoms with E-state index >= 15 is 0 Å². The molecule has 52 heavy (non-hydrogen) atoms. The molecule has 3 aromatic carbocycles. The Hall–Kier alpha value is -6.00. The molecule has 0 aliphatic carbocycles. The number of nitrogens with zero attached hydrogens (tertiary/aromatic N) is 2. The lowest BCUT2D eigenvalue weighted by Gasteiger charge is -2.27. The Morgan fingerprint density at radius 1 is 0.635 bits per heavy atom. The molecule has 268 valence electrons. The maximum atomic E-state index is 14.1. The predicted octanol–water partition coefficient (Wildman–Crippen LogP) is 4.72. The fraction of sp³-hybridized carbons (Fsp3) is 0.167. The molecule has 3 aromatic rings. The predicted molar refractivity (Wildman–Crippen MR) is 190 cm³/mol. The molecule has 1 saturated heterocycles. The third kappa shape index (κ3) is 9.41. The monoisotopic (exact) mass is 744 g/mol. The van der Waals surface area contributed by atoms with Crippen molar-refractivity contribution >= 4 is 59.5 Å². The summed E-state index contributed by atoms with van der Waals surface area (Å²) in [7, 11) is 0. The van der Waals surface area contributed by atoms with E-state index in [0.717, 1.165) is 46.8 Å². The molecule has 2 aliphatic heterocycles. The fourth-order valence-electron chi connectivity index (χ4n) is 4.76. The summed E-state index contributed by atoms with van der Waals surface area (Å²) in [6.45, 7) is 6.50. The molecule has 14 nitrogen and oxygen atoms in total. The number of hydrazine groups is 1. The van der Waals surface area contributed by atoms with Gasteiger partial charge in [-0.05, 0) is 23.3 Å². The molecule has 2 heterocycles. The van der Waals surface area contributed by atoms with Crippen LogP contribution in [0.15, 0.2) is 118 Å². The van der Waals surface area contributed by atoms with E-state index in [0.29, 0.717) is 9.79 Å². The SMILES string of the molecule is C=CC(=O)OCCNC(=O)Oc1ccc(OC(=O)NCCOC(=O)C=C)c2c1SC(=C1C(=O)N(Cc3ccccc3)N(Cc3ccccc3)C1=O)S2. The molecule has 4 amide bonds. The Morgan fingerprint density at radius 3 is 1.42 bits per heavy atom. The molecule has 0 spiro atoms. The van der Waals surface area contributed by atoms with Crippen molar-refractivity contribution in [3.8, 4) is 11.5 Å². The van der Waals surface area contributed by atoms with Gasteiger partial charge < -0.3 is 29.6 Å². The van der Waals surface area contributed by atoms with Crippen LogP contribution >= 0.6 is 23.5 Å². The van der Waals surface area contributed by atoms with Crippen molar-refractivity contribution in [3.05, 3.63) is 119 Å². The standard InChI is InChI=1S/C36H32N4O10S2/c1-3-27(41)47-19-17-37-35(45)49-25-15-16-26(50-36(46)38-18-20-48-28(42)4-2)31-30(25)51-34(52-31)29-32(43)39(21-23-11-7-5-8-12-23)40(33(29)44)22-24-13-9-6-10-14-24/h3-16H,1-2,17-22H2,(H,37,45)(H,38,46). The van der Waals surface area contributed by atoms with Crippen LogP contribution in [0.1, 0.15) is 11.1 Å². The molecule has 2 aliphatic rings. The molecule has 0 saturated carbocycles. The van der Waals surface area contributed by atoms with Crippen molar-refractivity contribution in [1.82, 2.24) is 20.7 Å². The Kier molecular flexibility index (Phi) is 12.7. The second kappa shape index (κ2) is 17.8. The van der Waals surface area contributed by atoms with E-state index in [2.05, 4.69) is 23.8 Å². The van der Waals surface area contributed by atoms with Gasteiger partial charge in [-0.2, -0.15) is 0 Å². The second-order valence-corrected chi connectivity index (χ2v) is 13.0. The number of esters is 2. The number of fused-ring (bicyclic) bond motifs is 1. The van der Waals surface area contributed by atoms with Crippen molar-refractivity contribution in [2.75, 3.05) is 26.3 Å². The van der Waals surface area contributed by atoms with Crippen molar-refractivity contribution in [2.45, 2.75) is 22.9 Å². The van der Waals surface area contributed by atoms with Crippen LogP contribution in [0.25, 0.3) is 0 Å². The summed E-state index contributed by atoms with van der Waals surface area (Å²) in [5.41, 5.74) is 1.52. The van der Waals surface area contributed by atoms with Crippen LogP contribution in [-0.4, -0.2) is 72.3 Å². The number of thioether (sulfide) groups is 2. The lowest BCUT2D eigenvalue weighted by Crippen LogP contribution is -2.39. The van der Waals surface area contributed by atoms with E-state index in [9.17, 15) is 28.8 Å². The zero-order valence-electron chi connectivity index (χ0n) is 27.5. The minimum absolute atomic E-state index is 0.0490. The fourth-order valence-corrected chi connectivity index (χ4v) is 7.41. The molecule has 0 bridgehead atoms. The van der Waals surface area contributed by atoms with E-state index in [-0.39, 0.29) is 60.7 Å². The number of hydrogen-bond acceptors (Lipinski definition) is 12. The number of carbonyl (C=O) groups excluding carboxylic acids is 6. The highest BCUT2D eigenvalue weighted by Crippen LogP contribution is 2.59. The van der Waals surface area contributed by atoms with E-state index < -0.39 is 35.9 Å². The van der Waals surface area contributed by atoms with Gasteiger partial charge in [0.2, 0.25) is 0 Å². The maximum Gasteiger partial charge on any atom is 0.412 e. The number of nitrogens with one attached hydrogen (secondary N) is 2. The van der Waals surface area contributed by atoms with Gasteiger partial charge in [-0.15, -0.1) is 0 Å². The van der Waals surface area contributed by atoms with E-state index in [1.807, 2.05) is 60.7 Å². The summed E-state index contributed by atoms with van der Waals surface area (Å²) in [5, 5.41) is 7.72. The van der Waals surface area contributed by atoms with Crippen LogP contribution < -0.4 is 20.1 Å². The first kappa shape index (κ1) is 37.3. The lowest BCUT2D eigenvalue weighted by molar-refractivity contribution is -0.149. The van der Waals surface area contributed by atoms with Crippen LogP contribution in [0, 0.1) is 0 Å². The Labute approximate surface area is 306 Å². The van der Waals surface area contributed by atoms with E-state index in [1.54, 1.807) is 0 Å². The number of ether oxygens (including phenoxy) is 4. The van der Waals surface area contributed by atoms with Crippen molar-refractivity contribution < 1.29 is 47.7 Å². The van der Waals surface area contributed by atoms with Gasteiger partial charge in [0, 0.05) is 12.2 Å².